The molecule has 20 heavy (non-hydrogen) atoms. The van der Waals surface area contributed by atoms with Gasteiger partial charge in [0.05, 0.1) is 11.6 Å². The fraction of sp³-hybridized carbons (Fsp3) is 0.294. The predicted molar refractivity (Wildman–Crippen MR) is 80.6 cm³/mol. The maximum Gasteiger partial charge on any atom is 0.141 e. The number of hydrogen-bond donors (Lipinski definition) is 1. The third kappa shape index (κ3) is 3.02. The summed E-state index contributed by atoms with van der Waals surface area (Å²) in [5, 5.41) is 10.0. The van der Waals surface area contributed by atoms with Crippen molar-refractivity contribution < 1.29 is 9.50 Å². The number of aliphatic hydroxyl groups is 1. The number of hydrogen-bond acceptors (Lipinski definition) is 1. The lowest BCUT2D eigenvalue weighted by atomic mass is 9.74. The number of aliphatic hydroxyl groups excluding tert-OH is 1. The molecule has 1 nitrogen and oxygen atoms in total. The van der Waals surface area contributed by atoms with Gasteiger partial charge in [0.25, 0.3) is 0 Å². The summed E-state index contributed by atoms with van der Waals surface area (Å²) in [6, 6.07) is 14.7. The van der Waals surface area contributed by atoms with Crippen molar-refractivity contribution in [1.82, 2.24) is 0 Å². The van der Waals surface area contributed by atoms with Gasteiger partial charge in [-0.3, -0.25) is 0 Å². The van der Waals surface area contributed by atoms with Gasteiger partial charge in [0, 0.05) is 5.41 Å². The van der Waals surface area contributed by atoms with E-state index in [2.05, 4.69) is 0 Å². The third-order valence-electron chi connectivity index (χ3n) is 3.89. The van der Waals surface area contributed by atoms with E-state index in [4.69, 9.17) is 11.6 Å². The van der Waals surface area contributed by atoms with Gasteiger partial charge in [-0.1, -0.05) is 54.9 Å². The number of halogens is 2. The van der Waals surface area contributed by atoms with E-state index in [0.717, 1.165) is 17.5 Å². The maximum atomic E-state index is 13.2. The van der Waals surface area contributed by atoms with Crippen LogP contribution in [0, 0.1) is 5.82 Å². The van der Waals surface area contributed by atoms with Crippen molar-refractivity contribution in [3.8, 4) is 0 Å². The first kappa shape index (κ1) is 15.0. The Kier molecular flexibility index (Phi) is 4.79. The summed E-state index contributed by atoms with van der Waals surface area (Å²) in [7, 11) is 0. The summed E-state index contributed by atoms with van der Waals surface area (Å²) in [5.74, 6) is -0.416. The molecule has 0 aliphatic rings. The Hall–Kier alpha value is -1.38. The second-order valence-electron chi connectivity index (χ2n) is 5.08. The van der Waals surface area contributed by atoms with E-state index in [1.165, 1.54) is 6.07 Å². The van der Waals surface area contributed by atoms with E-state index in [-0.39, 0.29) is 17.0 Å². The average molecular weight is 293 g/mol. The SMILES string of the molecule is CCC(CO)(Cc1ccc(F)c(Cl)c1)c1ccccc1. The molecule has 2 aromatic carbocycles. The van der Waals surface area contributed by atoms with Crippen LogP contribution in [-0.4, -0.2) is 11.7 Å². The molecule has 0 fully saturated rings. The summed E-state index contributed by atoms with van der Waals surface area (Å²) in [5.41, 5.74) is 1.66. The maximum absolute atomic E-state index is 13.2. The first-order chi connectivity index (χ1) is 9.61. The molecule has 0 aliphatic heterocycles. The molecule has 0 aromatic heterocycles. The molecule has 106 valence electrons. The number of benzene rings is 2. The largest absolute Gasteiger partial charge is 0.395 e. The third-order valence-corrected chi connectivity index (χ3v) is 4.18. The summed E-state index contributed by atoms with van der Waals surface area (Å²) < 4.78 is 13.2. The summed E-state index contributed by atoms with van der Waals surface area (Å²) in [6.07, 6.45) is 1.42. The van der Waals surface area contributed by atoms with Gasteiger partial charge < -0.3 is 5.11 Å². The smallest absolute Gasteiger partial charge is 0.141 e. The zero-order chi connectivity index (χ0) is 14.6. The van der Waals surface area contributed by atoms with Gasteiger partial charge in [-0.25, -0.2) is 4.39 Å². The lowest BCUT2D eigenvalue weighted by molar-refractivity contribution is 0.186. The van der Waals surface area contributed by atoms with Crippen LogP contribution in [0.3, 0.4) is 0 Å². The first-order valence-corrected chi connectivity index (χ1v) is 7.09. The quantitative estimate of drug-likeness (QED) is 0.868. The van der Waals surface area contributed by atoms with Gasteiger partial charge in [0.15, 0.2) is 0 Å². The van der Waals surface area contributed by atoms with Crippen LogP contribution in [-0.2, 0) is 11.8 Å². The summed E-state index contributed by atoms with van der Waals surface area (Å²) in [6.45, 7) is 2.09. The molecule has 3 heteroatoms. The molecular weight excluding hydrogens is 275 g/mol. The molecule has 0 radical (unpaired) electrons. The minimum absolute atomic E-state index is 0.0442. The Morgan fingerprint density at radius 1 is 1.15 bits per heavy atom. The second-order valence-corrected chi connectivity index (χ2v) is 5.49. The molecule has 1 atom stereocenters. The van der Waals surface area contributed by atoms with Crippen LogP contribution in [0.4, 0.5) is 4.39 Å². The van der Waals surface area contributed by atoms with Gasteiger partial charge >= 0.3 is 0 Å². The van der Waals surface area contributed by atoms with E-state index in [1.54, 1.807) is 12.1 Å². The molecule has 0 spiro atoms. The number of rotatable bonds is 5. The van der Waals surface area contributed by atoms with Crippen molar-refractivity contribution >= 4 is 11.6 Å². The van der Waals surface area contributed by atoms with E-state index >= 15 is 0 Å². The Morgan fingerprint density at radius 2 is 1.85 bits per heavy atom. The van der Waals surface area contributed by atoms with Crippen LogP contribution in [0.1, 0.15) is 24.5 Å². The first-order valence-electron chi connectivity index (χ1n) is 6.71. The van der Waals surface area contributed by atoms with Gasteiger partial charge in [-0.2, -0.15) is 0 Å². The van der Waals surface area contributed by atoms with Crippen LogP contribution in [0.2, 0.25) is 5.02 Å². The highest BCUT2D eigenvalue weighted by Crippen LogP contribution is 2.32. The van der Waals surface area contributed by atoms with Crippen molar-refractivity contribution in [1.29, 1.82) is 0 Å². The van der Waals surface area contributed by atoms with E-state index in [9.17, 15) is 9.50 Å². The molecule has 1 N–H and O–H groups in total. The lowest BCUT2D eigenvalue weighted by Crippen LogP contribution is -2.32. The molecule has 0 saturated heterocycles. The summed E-state index contributed by atoms with van der Waals surface area (Å²) in [4.78, 5) is 0. The lowest BCUT2D eigenvalue weighted by Gasteiger charge is -2.31. The zero-order valence-electron chi connectivity index (χ0n) is 11.4. The Balaban J connectivity index is 2.36. The fourth-order valence-corrected chi connectivity index (χ4v) is 2.73. The van der Waals surface area contributed by atoms with Crippen molar-refractivity contribution in [2.45, 2.75) is 25.2 Å². The Bertz CT molecular complexity index is 564. The van der Waals surface area contributed by atoms with Crippen molar-refractivity contribution in [2.75, 3.05) is 6.61 Å². The second kappa shape index (κ2) is 6.38. The van der Waals surface area contributed by atoms with Crippen molar-refractivity contribution in [2.24, 2.45) is 0 Å². The molecule has 0 amide bonds. The van der Waals surface area contributed by atoms with Gasteiger partial charge in [0.2, 0.25) is 0 Å². The van der Waals surface area contributed by atoms with Crippen LogP contribution < -0.4 is 0 Å². The molecular formula is C17H18ClFO. The Labute approximate surface area is 124 Å². The standard InChI is InChI=1S/C17H18ClFO/c1-2-17(12-20,14-6-4-3-5-7-14)11-13-8-9-16(19)15(18)10-13/h3-10,20H,2,11-12H2,1H3. The van der Waals surface area contributed by atoms with Crippen LogP contribution in [0.15, 0.2) is 48.5 Å². The van der Waals surface area contributed by atoms with Crippen molar-refractivity contribution in [3.63, 3.8) is 0 Å². The van der Waals surface area contributed by atoms with E-state index < -0.39 is 5.82 Å². The van der Waals surface area contributed by atoms with Gasteiger partial charge in [0.1, 0.15) is 5.82 Å². The zero-order valence-corrected chi connectivity index (χ0v) is 12.2. The molecule has 2 aromatic rings. The van der Waals surface area contributed by atoms with Gasteiger partial charge in [-0.05, 0) is 36.1 Å². The molecule has 0 saturated carbocycles. The highest BCUT2D eigenvalue weighted by atomic mass is 35.5. The normalized spacial score (nSPS) is 14.0. The summed E-state index contributed by atoms with van der Waals surface area (Å²) >= 11 is 5.84. The topological polar surface area (TPSA) is 20.2 Å². The minimum Gasteiger partial charge on any atom is -0.395 e. The molecule has 0 heterocycles. The van der Waals surface area contributed by atoms with Gasteiger partial charge in [-0.15, -0.1) is 0 Å². The molecule has 0 aliphatic carbocycles. The average Bonchev–Trinajstić information content (AvgIpc) is 2.49. The van der Waals surface area contributed by atoms with Crippen LogP contribution in [0.25, 0.3) is 0 Å². The predicted octanol–water partition coefficient (Wildman–Crippen LogP) is 4.36. The Morgan fingerprint density at radius 3 is 2.40 bits per heavy atom. The van der Waals surface area contributed by atoms with Crippen LogP contribution >= 0.6 is 11.6 Å². The highest BCUT2D eigenvalue weighted by Gasteiger charge is 2.30. The fourth-order valence-electron chi connectivity index (χ4n) is 2.52. The molecule has 1 unspecified atom stereocenters. The molecule has 2 rings (SSSR count). The van der Waals surface area contributed by atoms with Crippen LogP contribution in [0.5, 0.6) is 0 Å². The minimum atomic E-state index is -0.416. The van der Waals surface area contributed by atoms with E-state index in [0.29, 0.717) is 6.42 Å². The monoisotopic (exact) mass is 292 g/mol. The van der Waals surface area contributed by atoms with E-state index in [1.807, 2.05) is 37.3 Å². The molecule has 0 bridgehead atoms. The highest BCUT2D eigenvalue weighted by molar-refractivity contribution is 6.30. The van der Waals surface area contributed by atoms with Crippen molar-refractivity contribution in [3.05, 3.63) is 70.5 Å².